The van der Waals surface area contributed by atoms with Crippen LogP contribution in [0.15, 0.2) is 34.9 Å². The lowest BCUT2D eigenvalue weighted by molar-refractivity contribution is -0.385. The minimum absolute atomic E-state index is 0.100. The monoisotopic (exact) mass is 337 g/mol. The Bertz CT molecular complexity index is 667. The van der Waals surface area contributed by atoms with Crippen LogP contribution in [0.3, 0.4) is 0 Å². The molecule has 1 heterocycles. The number of benzene rings is 1. The van der Waals surface area contributed by atoms with Gasteiger partial charge >= 0.3 is 0 Å². The predicted molar refractivity (Wildman–Crippen MR) is 77.5 cm³/mol. The molecule has 1 aromatic carbocycles. The SMILES string of the molecule is Cc1cccc([N+](=O)[O-])c1C(=O)NCc1cc(Br)c[nH]1. The molecule has 0 saturated carbocycles. The van der Waals surface area contributed by atoms with Crippen LogP contribution in [0, 0.1) is 17.0 Å². The third-order valence-corrected chi connectivity index (χ3v) is 3.28. The highest BCUT2D eigenvalue weighted by atomic mass is 79.9. The van der Waals surface area contributed by atoms with Crippen LogP contribution in [0.4, 0.5) is 5.69 Å². The van der Waals surface area contributed by atoms with Crippen molar-refractivity contribution < 1.29 is 9.72 Å². The van der Waals surface area contributed by atoms with E-state index in [9.17, 15) is 14.9 Å². The first kappa shape index (κ1) is 14.3. The topological polar surface area (TPSA) is 88.0 Å². The van der Waals surface area contributed by atoms with Crippen molar-refractivity contribution in [3.63, 3.8) is 0 Å². The zero-order chi connectivity index (χ0) is 14.7. The molecule has 2 rings (SSSR count). The summed E-state index contributed by atoms with van der Waals surface area (Å²) in [6.45, 7) is 1.95. The minimum atomic E-state index is -0.548. The van der Waals surface area contributed by atoms with Crippen LogP contribution in [0.2, 0.25) is 0 Å². The molecule has 0 saturated heterocycles. The smallest absolute Gasteiger partial charge is 0.282 e. The number of hydrogen-bond donors (Lipinski definition) is 2. The van der Waals surface area contributed by atoms with Crippen LogP contribution in [-0.4, -0.2) is 15.8 Å². The number of nitro groups is 1. The summed E-state index contributed by atoms with van der Waals surface area (Å²) in [6, 6.07) is 6.39. The number of aryl methyl sites for hydroxylation is 1. The number of aromatic nitrogens is 1. The zero-order valence-corrected chi connectivity index (χ0v) is 12.2. The molecule has 1 aromatic heterocycles. The summed E-state index contributed by atoms with van der Waals surface area (Å²) in [6.07, 6.45) is 1.75. The molecule has 0 spiro atoms. The van der Waals surface area contributed by atoms with Gasteiger partial charge in [-0.3, -0.25) is 14.9 Å². The number of aromatic amines is 1. The van der Waals surface area contributed by atoms with Crippen LogP contribution >= 0.6 is 15.9 Å². The van der Waals surface area contributed by atoms with Crippen molar-refractivity contribution in [2.75, 3.05) is 0 Å². The van der Waals surface area contributed by atoms with E-state index >= 15 is 0 Å². The highest BCUT2D eigenvalue weighted by molar-refractivity contribution is 9.10. The third-order valence-electron chi connectivity index (χ3n) is 2.82. The van der Waals surface area contributed by atoms with E-state index in [0.29, 0.717) is 5.56 Å². The van der Waals surface area contributed by atoms with Gasteiger partial charge in [-0.05, 0) is 34.5 Å². The fraction of sp³-hybridized carbons (Fsp3) is 0.154. The maximum Gasteiger partial charge on any atom is 0.282 e. The van der Waals surface area contributed by atoms with Crippen molar-refractivity contribution in [1.29, 1.82) is 0 Å². The standard InChI is InChI=1S/C13H12BrN3O3/c1-8-3-2-4-11(17(19)20)12(8)13(18)16-7-10-5-9(14)6-15-10/h2-6,15H,7H2,1H3,(H,16,18). The van der Waals surface area contributed by atoms with Gasteiger partial charge in [0.2, 0.25) is 0 Å². The summed E-state index contributed by atoms with van der Waals surface area (Å²) in [7, 11) is 0. The Morgan fingerprint density at radius 3 is 2.85 bits per heavy atom. The summed E-state index contributed by atoms with van der Waals surface area (Å²) in [5, 5.41) is 13.6. The van der Waals surface area contributed by atoms with E-state index < -0.39 is 10.8 Å². The number of carbonyl (C=O) groups is 1. The van der Waals surface area contributed by atoms with Gasteiger partial charge in [0.25, 0.3) is 11.6 Å². The van der Waals surface area contributed by atoms with Crippen molar-refractivity contribution >= 4 is 27.5 Å². The molecule has 0 aliphatic carbocycles. The van der Waals surface area contributed by atoms with Gasteiger partial charge in [-0.15, -0.1) is 0 Å². The third kappa shape index (κ3) is 3.05. The summed E-state index contributed by atoms with van der Waals surface area (Å²) in [5.41, 5.74) is 1.30. The van der Waals surface area contributed by atoms with E-state index in [2.05, 4.69) is 26.2 Å². The average Bonchev–Trinajstić information content (AvgIpc) is 2.81. The van der Waals surface area contributed by atoms with Crippen LogP contribution in [-0.2, 0) is 6.54 Å². The fourth-order valence-corrected chi connectivity index (χ4v) is 2.27. The molecule has 0 bridgehead atoms. The van der Waals surface area contributed by atoms with Gasteiger partial charge in [0.1, 0.15) is 5.56 Å². The van der Waals surface area contributed by atoms with Gasteiger partial charge < -0.3 is 10.3 Å². The molecule has 0 aliphatic heterocycles. The van der Waals surface area contributed by atoms with E-state index in [0.717, 1.165) is 10.2 Å². The normalized spacial score (nSPS) is 10.3. The van der Waals surface area contributed by atoms with E-state index in [-0.39, 0.29) is 17.8 Å². The van der Waals surface area contributed by atoms with E-state index in [1.807, 2.05) is 6.07 Å². The highest BCUT2D eigenvalue weighted by Gasteiger charge is 2.21. The summed E-state index contributed by atoms with van der Waals surface area (Å²) < 4.78 is 0.878. The molecule has 0 aliphatic rings. The van der Waals surface area contributed by atoms with Gasteiger partial charge in [-0.1, -0.05) is 12.1 Å². The van der Waals surface area contributed by atoms with Gasteiger partial charge in [0.05, 0.1) is 11.5 Å². The van der Waals surface area contributed by atoms with Crippen LogP contribution in [0.1, 0.15) is 21.6 Å². The lowest BCUT2D eigenvalue weighted by Crippen LogP contribution is -2.24. The second kappa shape index (κ2) is 5.87. The zero-order valence-electron chi connectivity index (χ0n) is 10.6. The molecule has 1 amide bonds. The number of carbonyl (C=O) groups excluding carboxylic acids is 1. The number of halogens is 1. The predicted octanol–water partition coefficient (Wildman–Crippen LogP) is 2.92. The van der Waals surface area contributed by atoms with Crippen molar-refractivity contribution in [2.24, 2.45) is 0 Å². The van der Waals surface area contributed by atoms with Crippen molar-refractivity contribution in [3.05, 3.63) is 61.9 Å². The number of nitro benzene ring substituents is 1. The Balaban J connectivity index is 2.19. The number of nitrogens with one attached hydrogen (secondary N) is 2. The number of rotatable bonds is 4. The van der Waals surface area contributed by atoms with Gasteiger partial charge in [0.15, 0.2) is 0 Å². The molecular weight excluding hydrogens is 326 g/mol. The Morgan fingerprint density at radius 2 is 2.25 bits per heavy atom. The molecule has 7 heteroatoms. The first-order valence-electron chi connectivity index (χ1n) is 5.84. The van der Waals surface area contributed by atoms with E-state index in [4.69, 9.17) is 0 Å². The van der Waals surface area contributed by atoms with E-state index in [1.54, 1.807) is 25.3 Å². The molecule has 2 N–H and O–H groups in total. The summed E-state index contributed by atoms with van der Waals surface area (Å²) in [5.74, 6) is -0.458. The van der Waals surface area contributed by atoms with E-state index in [1.165, 1.54) is 6.07 Å². The Labute approximate surface area is 123 Å². The largest absolute Gasteiger partial charge is 0.362 e. The number of nitrogens with zero attached hydrogens (tertiary/aromatic N) is 1. The molecule has 20 heavy (non-hydrogen) atoms. The average molecular weight is 338 g/mol. The van der Waals surface area contributed by atoms with Gasteiger partial charge in [0, 0.05) is 22.4 Å². The number of hydrogen-bond acceptors (Lipinski definition) is 3. The quantitative estimate of drug-likeness (QED) is 0.664. The van der Waals surface area contributed by atoms with Crippen LogP contribution in [0.25, 0.3) is 0 Å². The maximum atomic E-state index is 12.1. The summed E-state index contributed by atoms with van der Waals surface area (Å²) in [4.78, 5) is 25.5. The molecular formula is C13H12BrN3O3. The Kier molecular flexibility index (Phi) is 4.19. The van der Waals surface area contributed by atoms with Crippen molar-refractivity contribution in [3.8, 4) is 0 Å². The minimum Gasteiger partial charge on any atom is -0.362 e. The van der Waals surface area contributed by atoms with Gasteiger partial charge in [-0.25, -0.2) is 0 Å². The number of amides is 1. The Hall–Kier alpha value is -2.15. The first-order valence-corrected chi connectivity index (χ1v) is 6.63. The van der Waals surface area contributed by atoms with Crippen LogP contribution < -0.4 is 5.32 Å². The Morgan fingerprint density at radius 1 is 1.50 bits per heavy atom. The maximum absolute atomic E-state index is 12.1. The van der Waals surface area contributed by atoms with Crippen molar-refractivity contribution in [1.82, 2.24) is 10.3 Å². The highest BCUT2D eigenvalue weighted by Crippen LogP contribution is 2.21. The van der Waals surface area contributed by atoms with Gasteiger partial charge in [-0.2, -0.15) is 0 Å². The lowest BCUT2D eigenvalue weighted by Gasteiger charge is -2.07. The lowest BCUT2D eigenvalue weighted by atomic mass is 10.1. The molecule has 2 aromatic rings. The molecule has 0 radical (unpaired) electrons. The molecule has 0 fully saturated rings. The molecule has 104 valence electrons. The second-order valence-corrected chi connectivity index (χ2v) is 5.17. The van der Waals surface area contributed by atoms with Crippen LogP contribution in [0.5, 0.6) is 0 Å². The van der Waals surface area contributed by atoms with Crippen molar-refractivity contribution in [2.45, 2.75) is 13.5 Å². The fourth-order valence-electron chi connectivity index (χ4n) is 1.88. The second-order valence-electron chi connectivity index (χ2n) is 4.25. The molecule has 0 unspecified atom stereocenters. The molecule has 0 atom stereocenters. The summed E-state index contributed by atoms with van der Waals surface area (Å²) >= 11 is 3.29. The molecule has 6 nitrogen and oxygen atoms in total. The number of H-pyrrole nitrogens is 1. The first-order chi connectivity index (χ1) is 9.49.